The number of hydrogen-bond acceptors (Lipinski definition) is 4. The fourth-order valence-corrected chi connectivity index (χ4v) is 1.77. The number of ether oxygens (including phenoxy) is 1. The van der Waals surface area contributed by atoms with Gasteiger partial charge >= 0.3 is 0 Å². The monoisotopic (exact) mass is 280 g/mol. The molecular weight excluding hydrogens is 256 g/mol. The Bertz CT molecular complexity index is 421. The van der Waals surface area contributed by atoms with Crippen molar-refractivity contribution < 1.29 is 14.6 Å². The number of hydrogen-bond donors (Lipinski definition) is 2. The highest BCUT2D eigenvalue weighted by Gasteiger charge is 2.07. The Hall–Kier alpha value is -1.59. The predicted molar refractivity (Wildman–Crippen MR) is 78.6 cm³/mol. The maximum atomic E-state index is 11.8. The average Bonchev–Trinajstić information content (AvgIpc) is 2.43. The third-order valence-electron chi connectivity index (χ3n) is 2.97. The zero-order valence-corrected chi connectivity index (χ0v) is 12.4. The van der Waals surface area contributed by atoms with Crippen molar-refractivity contribution in [3.05, 3.63) is 29.8 Å². The molecule has 0 saturated heterocycles. The molecule has 1 amide bonds. The lowest BCUT2D eigenvalue weighted by Gasteiger charge is -2.17. The molecule has 1 atom stereocenters. The summed E-state index contributed by atoms with van der Waals surface area (Å²) in [5, 5.41) is 12.1. The van der Waals surface area contributed by atoms with Crippen molar-refractivity contribution in [2.45, 2.75) is 26.0 Å². The van der Waals surface area contributed by atoms with E-state index in [2.05, 4.69) is 5.32 Å². The molecule has 1 unspecified atom stereocenters. The standard InChI is InChI=1S/C15H24N2O3/c1-12(18)7-8-17(2)11-15(19)16-10-13-5-4-6-14(9-13)20-3/h4-6,9,12,18H,7-8,10-11H2,1-3H3,(H,16,19). The molecule has 1 aromatic carbocycles. The first-order valence-electron chi connectivity index (χ1n) is 6.77. The molecule has 0 bridgehead atoms. The molecule has 112 valence electrons. The lowest BCUT2D eigenvalue weighted by molar-refractivity contribution is -0.122. The summed E-state index contributed by atoms with van der Waals surface area (Å²) in [5.41, 5.74) is 1.00. The topological polar surface area (TPSA) is 61.8 Å². The van der Waals surface area contributed by atoms with Crippen LogP contribution in [0.5, 0.6) is 5.75 Å². The Labute approximate surface area is 120 Å². The van der Waals surface area contributed by atoms with Gasteiger partial charge in [-0.05, 0) is 38.1 Å². The smallest absolute Gasteiger partial charge is 0.234 e. The van der Waals surface area contributed by atoms with Gasteiger partial charge < -0.3 is 15.2 Å². The fraction of sp³-hybridized carbons (Fsp3) is 0.533. The van der Waals surface area contributed by atoms with Crippen molar-refractivity contribution in [3.63, 3.8) is 0 Å². The van der Waals surface area contributed by atoms with Crippen molar-refractivity contribution in [1.82, 2.24) is 10.2 Å². The molecular formula is C15H24N2O3. The van der Waals surface area contributed by atoms with Gasteiger partial charge in [0.2, 0.25) is 5.91 Å². The first kappa shape index (κ1) is 16.5. The van der Waals surface area contributed by atoms with Gasteiger partial charge in [0.15, 0.2) is 0 Å². The van der Waals surface area contributed by atoms with Crippen molar-refractivity contribution in [3.8, 4) is 5.75 Å². The Morgan fingerprint density at radius 3 is 2.90 bits per heavy atom. The molecule has 0 saturated carbocycles. The largest absolute Gasteiger partial charge is 0.497 e. The van der Waals surface area contributed by atoms with E-state index in [1.807, 2.05) is 36.2 Å². The van der Waals surface area contributed by atoms with Crippen LogP contribution in [-0.2, 0) is 11.3 Å². The number of aliphatic hydroxyl groups is 1. The quantitative estimate of drug-likeness (QED) is 0.746. The minimum Gasteiger partial charge on any atom is -0.497 e. The van der Waals surface area contributed by atoms with Gasteiger partial charge in [-0.15, -0.1) is 0 Å². The van der Waals surface area contributed by atoms with Crippen LogP contribution in [0.3, 0.4) is 0 Å². The number of nitrogens with zero attached hydrogens (tertiary/aromatic N) is 1. The van der Waals surface area contributed by atoms with Crippen molar-refractivity contribution in [1.29, 1.82) is 0 Å². The molecule has 0 heterocycles. The van der Waals surface area contributed by atoms with E-state index in [0.717, 1.165) is 11.3 Å². The highest BCUT2D eigenvalue weighted by molar-refractivity contribution is 5.77. The van der Waals surface area contributed by atoms with Crippen LogP contribution >= 0.6 is 0 Å². The molecule has 0 fully saturated rings. The lowest BCUT2D eigenvalue weighted by Crippen LogP contribution is -2.35. The first-order chi connectivity index (χ1) is 9.51. The first-order valence-corrected chi connectivity index (χ1v) is 6.77. The molecule has 0 radical (unpaired) electrons. The van der Waals surface area contributed by atoms with E-state index in [9.17, 15) is 9.90 Å². The van der Waals surface area contributed by atoms with E-state index >= 15 is 0 Å². The molecule has 5 heteroatoms. The Morgan fingerprint density at radius 1 is 1.50 bits per heavy atom. The highest BCUT2D eigenvalue weighted by atomic mass is 16.5. The van der Waals surface area contributed by atoms with Crippen LogP contribution in [0, 0.1) is 0 Å². The van der Waals surface area contributed by atoms with E-state index in [1.54, 1.807) is 14.0 Å². The molecule has 0 aromatic heterocycles. The molecule has 0 aliphatic carbocycles. The fourth-order valence-electron chi connectivity index (χ4n) is 1.77. The summed E-state index contributed by atoms with van der Waals surface area (Å²) < 4.78 is 5.14. The van der Waals surface area contributed by atoms with Crippen molar-refractivity contribution in [2.75, 3.05) is 27.2 Å². The van der Waals surface area contributed by atoms with Gasteiger partial charge in [-0.1, -0.05) is 12.1 Å². The minimum atomic E-state index is -0.336. The third kappa shape index (κ3) is 6.54. The summed E-state index contributed by atoms with van der Waals surface area (Å²) in [7, 11) is 3.49. The molecule has 0 aliphatic rings. The Balaban J connectivity index is 2.31. The number of methoxy groups -OCH3 is 1. The minimum absolute atomic E-state index is 0.0269. The van der Waals surface area contributed by atoms with Crippen LogP contribution in [0.2, 0.25) is 0 Å². The van der Waals surface area contributed by atoms with Crippen LogP contribution in [0.15, 0.2) is 24.3 Å². The number of rotatable bonds is 8. The van der Waals surface area contributed by atoms with Gasteiger partial charge in [0.25, 0.3) is 0 Å². The van der Waals surface area contributed by atoms with Crippen molar-refractivity contribution in [2.24, 2.45) is 0 Å². The summed E-state index contributed by atoms with van der Waals surface area (Å²) >= 11 is 0. The maximum absolute atomic E-state index is 11.8. The second-order valence-corrected chi connectivity index (χ2v) is 5.00. The van der Waals surface area contributed by atoms with Gasteiger partial charge in [-0.2, -0.15) is 0 Å². The number of carbonyl (C=O) groups excluding carboxylic acids is 1. The van der Waals surface area contributed by atoms with Gasteiger partial charge in [-0.25, -0.2) is 0 Å². The zero-order chi connectivity index (χ0) is 15.0. The highest BCUT2D eigenvalue weighted by Crippen LogP contribution is 2.12. The number of carbonyl (C=O) groups is 1. The zero-order valence-electron chi connectivity index (χ0n) is 12.4. The molecule has 20 heavy (non-hydrogen) atoms. The number of aliphatic hydroxyl groups excluding tert-OH is 1. The van der Waals surface area contributed by atoms with Gasteiger partial charge in [0, 0.05) is 13.1 Å². The average molecular weight is 280 g/mol. The normalized spacial score (nSPS) is 12.2. The summed E-state index contributed by atoms with van der Waals surface area (Å²) in [6.45, 7) is 3.26. The second-order valence-electron chi connectivity index (χ2n) is 5.00. The predicted octanol–water partition coefficient (Wildman–Crippen LogP) is 1.01. The third-order valence-corrected chi connectivity index (χ3v) is 2.97. The van der Waals surface area contributed by atoms with E-state index in [-0.39, 0.29) is 12.0 Å². The molecule has 1 rings (SSSR count). The van der Waals surface area contributed by atoms with Gasteiger partial charge in [0.1, 0.15) is 5.75 Å². The molecule has 5 nitrogen and oxygen atoms in total. The number of benzene rings is 1. The molecule has 2 N–H and O–H groups in total. The number of nitrogens with one attached hydrogen (secondary N) is 1. The second kappa shape index (κ2) is 8.55. The Kier molecular flexibility index (Phi) is 7.04. The van der Waals surface area contributed by atoms with E-state index in [4.69, 9.17) is 4.74 Å². The Morgan fingerprint density at radius 2 is 2.25 bits per heavy atom. The van der Waals surface area contributed by atoms with Crippen LogP contribution in [0.4, 0.5) is 0 Å². The molecule has 0 aliphatic heterocycles. The lowest BCUT2D eigenvalue weighted by atomic mass is 10.2. The number of amides is 1. The van der Waals surface area contributed by atoms with Crippen LogP contribution in [0.1, 0.15) is 18.9 Å². The van der Waals surface area contributed by atoms with E-state index in [1.165, 1.54) is 0 Å². The van der Waals surface area contributed by atoms with Gasteiger partial charge in [0.05, 0.1) is 19.8 Å². The van der Waals surface area contributed by atoms with Crippen LogP contribution < -0.4 is 10.1 Å². The SMILES string of the molecule is COc1cccc(CNC(=O)CN(C)CCC(C)O)c1. The van der Waals surface area contributed by atoms with Gasteiger partial charge in [-0.3, -0.25) is 9.69 Å². The van der Waals surface area contributed by atoms with Crippen molar-refractivity contribution >= 4 is 5.91 Å². The number of likely N-dealkylation sites (N-methyl/N-ethyl adjacent to an activating group) is 1. The summed E-state index contributed by atoms with van der Waals surface area (Å²) in [6.07, 6.45) is 0.330. The maximum Gasteiger partial charge on any atom is 0.234 e. The molecule has 0 spiro atoms. The van der Waals surface area contributed by atoms with E-state index < -0.39 is 0 Å². The summed E-state index contributed by atoms with van der Waals surface area (Å²) in [6, 6.07) is 7.61. The molecule has 1 aromatic rings. The summed E-state index contributed by atoms with van der Waals surface area (Å²) in [5.74, 6) is 0.756. The van der Waals surface area contributed by atoms with Crippen LogP contribution in [-0.4, -0.2) is 49.3 Å². The van der Waals surface area contributed by atoms with E-state index in [0.29, 0.717) is 26.1 Å². The van der Waals surface area contributed by atoms with Crippen LogP contribution in [0.25, 0.3) is 0 Å². The summed E-state index contributed by atoms with van der Waals surface area (Å²) in [4.78, 5) is 13.7.